The molecule has 11 heteroatoms. The van der Waals surface area contributed by atoms with E-state index in [1.54, 1.807) is 0 Å². The number of amides is 1. The molecule has 0 aliphatic heterocycles. The molecule has 3 aliphatic carbocycles. The van der Waals surface area contributed by atoms with Crippen LogP contribution in [0.1, 0.15) is 29.8 Å². The first kappa shape index (κ1) is 22.0. The minimum absolute atomic E-state index is 0.0630. The smallest absolute Gasteiger partial charge is 0.255 e. The number of carbonyl (C=O) groups is 3. The number of fused-ring (bicyclic) bond motifs is 3. The fraction of sp³-hybridized carbons (Fsp3) is 0.381. The van der Waals surface area contributed by atoms with Crippen molar-refractivity contribution in [3.05, 3.63) is 52.0 Å². The number of carbonyl (C=O) groups excluding carboxylic acids is 3. The number of phenolic OH excluding ortho intramolecular Hbond substituents is 1. The van der Waals surface area contributed by atoms with Crippen LogP contribution in [-0.4, -0.2) is 65.4 Å². The highest BCUT2D eigenvalue weighted by molar-refractivity contribution is 6.25. The zero-order valence-corrected chi connectivity index (χ0v) is 17.0. The maximum Gasteiger partial charge on any atom is 0.255 e. The normalized spacial score (nSPS) is 38.9. The van der Waals surface area contributed by atoms with Gasteiger partial charge < -0.3 is 42.1 Å². The summed E-state index contributed by atoms with van der Waals surface area (Å²) in [5.74, 6) is -10.4. The molecule has 4 rings (SSSR count). The number of Topliss-reactive ketones (excluding diaryl/α,β-unsaturated/α-hetero) is 2. The van der Waals surface area contributed by atoms with Gasteiger partial charge in [0.1, 0.15) is 22.8 Å². The van der Waals surface area contributed by atoms with Crippen LogP contribution in [0.15, 0.2) is 40.9 Å². The van der Waals surface area contributed by atoms with Crippen molar-refractivity contribution in [3.8, 4) is 5.75 Å². The van der Waals surface area contributed by atoms with Gasteiger partial charge in [0, 0.05) is 0 Å². The molecule has 0 saturated heterocycles. The fourth-order valence-corrected chi connectivity index (χ4v) is 5.46. The second kappa shape index (κ2) is 6.17. The topological polar surface area (TPSA) is 225 Å². The molecule has 0 aromatic heterocycles. The fourth-order valence-electron chi connectivity index (χ4n) is 5.46. The van der Waals surface area contributed by atoms with Crippen LogP contribution in [-0.2, 0) is 15.2 Å². The van der Waals surface area contributed by atoms with Crippen LogP contribution in [0.2, 0.25) is 0 Å². The van der Waals surface area contributed by atoms with Gasteiger partial charge >= 0.3 is 0 Å². The van der Waals surface area contributed by atoms with Crippen LogP contribution in [0.25, 0.3) is 0 Å². The van der Waals surface area contributed by atoms with Crippen LogP contribution >= 0.6 is 0 Å². The molecule has 5 unspecified atom stereocenters. The third-order valence-electron chi connectivity index (χ3n) is 6.94. The molecule has 0 saturated carbocycles. The monoisotopic (exact) mass is 446 g/mol. The van der Waals surface area contributed by atoms with Gasteiger partial charge in [-0.05, 0) is 25.5 Å². The standard InChI is InChI=1S/C21H22N2O9/c1-19(23)14-13(26)11-9(12(25)8-6(20(11,2)31)4-3-5-7(8)24)16(28)21(14,32)17(29)10(15(19)27)18(22)30/h3-5,11,13-14,24,26-28,31-32H,23H2,1-2H3,(H2,22,30)/t11?,13?,14?,19-,20?,21?/m0/s1. The number of aliphatic hydroxyl groups is 5. The molecule has 170 valence electrons. The Hall–Kier alpha value is -3.25. The van der Waals surface area contributed by atoms with Crippen molar-refractivity contribution in [2.24, 2.45) is 23.3 Å². The average molecular weight is 446 g/mol. The van der Waals surface area contributed by atoms with Crippen molar-refractivity contribution < 1.29 is 45.0 Å². The summed E-state index contributed by atoms with van der Waals surface area (Å²) in [6.07, 6.45) is -1.98. The number of benzene rings is 1. The molecule has 3 aliphatic rings. The van der Waals surface area contributed by atoms with Crippen LogP contribution in [0.3, 0.4) is 0 Å². The summed E-state index contributed by atoms with van der Waals surface area (Å²) in [7, 11) is 0. The second-order valence-corrected chi connectivity index (χ2v) is 8.85. The molecule has 10 N–H and O–H groups in total. The average Bonchev–Trinajstić information content (AvgIpc) is 2.67. The van der Waals surface area contributed by atoms with E-state index in [1.807, 2.05) is 0 Å². The highest BCUT2D eigenvalue weighted by atomic mass is 16.4. The van der Waals surface area contributed by atoms with E-state index < -0.39 is 86.1 Å². The van der Waals surface area contributed by atoms with Crippen molar-refractivity contribution in [3.63, 3.8) is 0 Å². The zero-order valence-electron chi connectivity index (χ0n) is 17.0. The van der Waals surface area contributed by atoms with Crippen molar-refractivity contribution in [2.75, 3.05) is 0 Å². The van der Waals surface area contributed by atoms with Gasteiger partial charge in [-0.3, -0.25) is 14.4 Å². The van der Waals surface area contributed by atoms with Gasteiger partial charge in [0.05, 0.1) is 40.2 Å². The zero-order chi connectivity index (χ0) is 24.1. The number of nitrogens with two attached hydrogens (primary N) is 2. The van der Waals surface area contributed by atoms with Gasteiger partial charge in [-0.1, -0.05) is 12.1 Å². The van der Waals surface area contributed by atoms with Crippen molar-refractivity contribution >= 4 is 17.5 Å². The van der Waals surface area contributed by atoms with E-state index in [1.165, 1.54) is 19.1 Å². The number of primary amides is 1. The predicted octanol–water partition coefficient (Wildman–Crippen LogP) is -1.46. The number of aliphatic hydroxyl groups excluding tert-OH is 3. The molecule has 1 aromatic rings. The maximum atomic E-state index is 13.3. The predicted molar refractivity (Wildman–Crippen MR) is 106 cm³/mol. The van der Waals surface area contributed by atoms with Crippen molar-refractivity contribution in [1.29, 1.82) is 0 Å². The van der Waals surface area contributed by atoms with Gasteiger partial charge in [0.25, 0.3) is 5.91 Å². The summed E-state index contributed by atoms with van der Waals surface area (Å²) in [6, 6.07) is 3.86. The second-order valence-electron chi connectivity index (χ2n) is 8.85. The highest BCUT2D eigenvalue weighted by Crippen LogP contribution is 2.57. The Morgan fingerprint density at radius 2 is 1.66 bits per heavy atom. The number of hydrogen-bond acceptors (Lipinski definition) is 10. The molecule has 11 nitrogen and oxygen atoms in total. The maximum absolute atomic E-state index is 13.3. The lowest BCUT2D eigenvalue weighted by Gasteiger charge is -2.56. The summed E-state index contributed by atoms with van der Waals surface area (Å²) in [5.41, 5.74) is 1.63. The van der Waals surface area contributed by atoms with Gasteiger partial charge in [-0.25, -0.2) is 0 Å². The van der Waals surface area contributed by atoms with Crippen LogP contribution in [0.4, 0.5) is 0 Å². The minimum Gasteiger partial charge on any atom is -0.509 e. The first-order chi connectivity index (χ1) is 14.6. The lowest BCUT2D eigenvalue weighted by molar-refractivity contribution is -0.174. The Kier molecular flexibility index (Phi) is 4.23. The molecule has 6 atom stereocenters. The third kappa shape index (κ3) is 2.25. The SMILES string of the molecule is CC1(O)c2cccc(O)c2C(=O)C2=C(O)C3(O)C(=O)C(C(N)=O)=C(O)[C@@](C)(N)C3C(O)C21. The van der Waals surface area contributed by atoms with Crippen LogP contribution < -0.4 is 11.5 Å². The molecule has 32 heavy (non-hydrogen) atoms. The van der Waals surface area contributed by atoms with Gasteiger partial charge in [0.15, 0.2) is 11.4 Å². The Morgan fingerprint density at radius 1 is 1.06 bits per heavy atom. The van der Waals surface area contributed by atoms with E-state index >= 15 is 0 Å². The quantitative estimate of drug-likeness (QED) is 0.234. The first-order valence-corrected chi connectivity index (χ1v) is 9.63. The molecule has 0 spiro atoms. The largest absolute Gasteiger partial charge is 0.509 e. The van der Waals surface area contributed by atoms with Crippen molar-refractivity contribution in [1.82, 2.24) is 0 Å². The summed E-state index contributed by atoms with van der Waals surface area (Å²) in [6.45, 7) is 2.31. The van der Waals surface area contributed by atoms with Gasteiger partial charge in [-0.15, -0.1) is 0 Å². The molecule has 1 aromatic carbocycles. The molecule has 0 fully saturated rings. The van der Waals surface area contributed by atoms with E-state index in [-0.39, 0.29) is 5.56 Å². The third-order valence-corrected chi connectivity index (χ3v) is 6.94. The number of rotatable bonds is 1. The number of hydrogen-bond donors (Lipinski definition) is 8. The Bertz CT molecular complexity index is 1180. The van der Waals surface area contributed by atoms with Gasteiger partial charge in [-0.2, -0.15) is 0 Å². The molecule has 1 amide bonds. The summed E-state index contributed by atoms with van der Waals surface area (Å²) < 4.78 is 0. The van der Waals surface area contributed by atoms with Crippen molar-refractivity contribution in [2.45, 2.75) is 36.7 Å². The number of ketones is 2. The number of aromatic hydroxyl groups is 1. The molecule has 0 heterocycles. The van der Waals surface area contributed by atoms with E-state index in [9.17, 15) is 45.0 Å². The van der Waals surface area contributed by atoms with E-state index in [2.05, 4.69) is 0 Å². The van der Waals surface area contributed by atoms with E-state index in [0.717, 1.165) is 13.0 Å². The summed E-state index contributed by atoms with van der Waals surface area (Å²) in [5, 5.41) is 65.8. The summed E-state index contributed by atoms with van der Waals surface area (Å²) in [4.78, 5) is 38.2. The first-order valence-electron chi connectivity index (χ1n) is 9.63. The minimum atomic E-state index is -3.13. The summed E-state index contributed by atoms with van der Waals surface area (Å²) >= 11 is 0. The Morgan fingerprint density at radius 3 is 2.22 bits per heavy atom. The molecular formula is C21H22N2O9. The van der Waals surface area contributed by atoms with E-state index in [4.69, 9.17) is 11.5 Å². The lowest BCUT2D eigenvalue weighted by Crippen LogP contribution is -2.73. The van der Waals surface area contributed by atoms with E-state index in [0.29, 0.717) is 0 Å². The van der Waals surface area contributed by atoms with Crippen LogP contribution in [0.5, 0.6) is 5.75 Å². The molecular weight excluding hydrogens is 424 g/mol. The highest BCUT2D eigenvalue weighted by Gasteiger charge is 2.71. The molecule has 0 radical (unpaired) electrons. The van der Waals surface area contributed by atoms with Gasteiger partial charge in [0.2, 0.25) is 5.78 Å². The number of phenols is 1. The van der Waals surface area contributed by atoms with Crippen LogP contribution in [0, 0.1) is 11.8 Å². The Balaban J connectivity index is 2.12. The lowest BCUT2D eigenvalue weighted by atomic mass is 9.51. The molecule has 0 bridgehead atoms. The Labute approximate surface area is 180 Å².